The van der Waals surface area contributed by atoms with Gasteiger partial charge in [-0.15, -0.1) is 0 Å². The third-order valence-electron chi connectivity index (χ3n) is 3.68. The Bertz CT molecular complexity index is 928. The molecule has 0 nitrogen and oxygen atoms in total. The number of rotatable bonds is 0. The van der Waals surface area contributed by atoms with E-state index in [2.05, 4.69) is 54.6 Å². The van der Waals surface area contributed by atoms with E-state index >= 15 is 0 Å². The summed E-state index contributed by atoms with van der Waals surface area (Å²) in [6.45, 7) is 0. The first-order valence-corrected chi connectivity index (χ1v) is 6.70. The van der Waals surface area contributed by atoms with Crippen LogP contribution in [-0.2, 0) is 0 Å². The van der Waals surface area contributed by atoms with Gasteiger partial charge in [0, 0.05) is 10.4 Å². The Balaban J connectivity index is 0.00000121. The first-order chi connectivity index (χ1) is 9.33. The molecule has 1 unspecified atom stereocenters. The van der Waals surface area contributed by atoms with Crippen LogP contribution in [0.1, 0.15) is 0 Å². The molecule has 0 aliphatic carbocycles. The molecule has 0 amide bonds. The van der Waals surface area contributed by atoms with E-state index in [4.69, 9.17) is 11.6 Å². The predicted octanol–water partition coefficient (Wildman–Crippen LogP) is 4.62. The third kappa shape index (κ3) is 2.00. The van der Waals surface area contributed by atoms with Crippen molar-refractivity contribution in [3.63, 3.8) is 0 Å². The fourth-order valence-corrected chi connectivity index (χ4v) is 3.04. The molecular weight excluding hydrogens is 327 g/mol. The molecule has 20 heavy (non-hydrogen) atoms. The maximum atomic E-state index is 6.39. The monoisotopic (exact) mass is 340 g/mol. The summed E-state index contributed by atoms with van der Waals surface area (Å²) in [6.07, 6.45) is 0. The zero-order valence-corrected chi connectivity index (χ0v) is 14.7. The molecule has 0 N–H and O–H groups in total. The number of hydrogen-bond donors (Lipinski definition) is 0. The summed E-state index contributed by atoms with van der Waals surface area (Å²) in [5, 5.41) is 8.13. The van der Waals surface area contributed by atoms with E-state index in [-0.39, 0.29) is 18.0 Å². The summed E-state index contributed by atoms with van der Waals surface area (Å²) in [6, 6.07) is 23.3. The molecule has 0 saturated heterocycles. The Morgan fingerprint density at radius 1 is 0.600 bits per heavy atom. The second-order valence-corrected chi connectivity index (χ2v) is 5.23. The normalized spacial score (nSPS) is 10.8. The topological polar surface area (TPSA) is 0 Å². The Morgan fingerprint density at radius 2 is 1.25 bits per heavy atom. The molecule has 0 aliphatic rings. The molecule has 4 rings (SSSR count). The van der Waals surface area contributed by atoms with Gasteiger partial charge in [0.15, 0.2) is 0 Å². The van der Waals surface area contributed by atoms with Crippen molar-refractivity contribution in [2.24, 2.45) is 0 Å². The van der Waals surface area contributed by atoms with E-state index in [9.17, 15) is 0 Å². The fourth-order valence-electron chi connectivity index (χ4n) is 2.76. The molecule has 0 aliphatic heterocycles. The van der Waals surface area contributed by atoms with Crippen molar-refractivity contribution in [1.82, 2.24) is 0 Å². The minimum atomic E-state index is 0. The van der Waals surface area contributed by atoms with Crippen LogP contribution in [0.5, 0.6) is 0 Å². The van der Waals surface area contributed by atoms with Gasteiger partial charge in [-0.3, -0.25) is 0 Å². The molecule has 0 spiro atoms. The van der Waals surface area contributed by atoms with Crippen LogP contribution in [-0.4, -0.2) is 18.0 Å². The van der Waals surface area contributed by atoms with Gasteiger partial charge in [-0.1, -0.05) is 60.1 Å². The number of fused-ring (bicyclic) bond motifs is 4. The molecule has 0 bridgehead atoms. The van der Waals surface area contributed by atoms with Gasteiger partial charge in [-0.25, -0.2) is 0 Å². The van der Waals surface area contributed by atoms with E-state index in [1.807, 2.05) is 12.1 Å². The summed E-state index contributed by atoms with van der Waals surface area (Å²) < 4.78 is 0. The Hall–Kier alpha value is -1.49. The predicted molar refractivity (Wildman–Crippen MR) is 93.9 cm³/mol. The molecule has 2 heteroatoms. The van der Waals surface area contributed by atoms with Crippen LogP contribution in [0.3, 0.4) is 0 Å². The van der Waals surface area contributed by atoms with Crippen LogP contribution in [0.25, 0.3) is 32.3 Å². The van der Waals surface area contributed by atoms with Gasteiger partial charge in [-0.2, -0.15) is 0 Å². The molecule has 0 fully saturated rings. The van der Waals surface area contributed by atoms with Crippen molar-refractivity contribution in [2.75, 3.05) is 0 Å². The van der Waals surface area contributed by atoms with Crippen molar-refractivity contribution in [3.8, 4) is 0 Å². The van der Waals surface area contributed by atoms with Crippen molar-refractivity contribution in [1.29, 1.82) is 0 Å². The van der Waals surface area contributed by atoms with E-state index < -0.39 is 0 Å². The fraction of sp³-hybridized carbons (Fsp3) is 0. The third-order valence-corrected chi connectivity index (χ3v) is 3.99. The molecular formula is C18H14AsCl. The molecule has 98 valence electrons. The molecule has 4 aromatic carbocycles. The minimum absolute atomic E-state index is 0. The van der Waals surface area contributed by atoms with Gasteiger partial charge in [0.05, 0.1) is 0 Å². The first kappa shape index (κ1) is 13.5. The Morgan fingerprint density at radius 3 is 2.05 bits per heavy atom. The zero-order chi connectivity index (χ0) is 12.8. The molecule has 0 heterocycles. The van der Waals surface area contributed by atoms with E-state index in [1.54, 1.807) is 0 Å². The average molecular weight is 341 g/mol. The SMILES string of the molecule is Clc1cccc2ccc3cc4ccccc4cc3c12.[AsH3]. The van der Waals surface area contributed by atoms with Gasteiger partial charge < -0.3 is 0 Å². The quantitative estimate of drug-likeness (QED) is 0.249. The van der Waals surface area contributed by atoms with Gasteiger partial charge in [-0.05, 0) is 45.1 Å². The molecule has 0 saturated carbocycles. The van der Waals surface area contributed by atoms with Crippen molar-refractivity contribution < 1.29 is 0 Å². The first-order valence-electron chi connectivity index (χ1n) is 6.33. The van der Waals surface area contributed by atoms with Gasteiger partial charge >= 0.3 is 18.0 Å². The van der Waals surface area contributed by atoms with E-state index in [0.29, 0.717) is 0 Å². The summed E-state index contributed by atoms with van der Waals surface area (Å²) in [5.74, 6) is 0. The maximum absolute atomic E-state index is 6.39. The van der Waals surface area contributed by atoms with Crippen molar-refractivity contribution >= 4 is 61.9 Å². The van der Waals surface area contributed by atoms with Gasteiger partial charge in [0.25, 0.3) is 0 Å². The van der Waals surface area contributed by atoms with Crippen molar-refractivity contribution in [3.05, 3.63) is 71.8 Å². The second-order valence-electron chi connectivity index (χ2n) is 4.82. The average Bonchev–Trinajstić information content (AvgIpc) is 2.45. The summed E-state index contributed by atoms with van der Waals surface area (Å²) in [4.78, 5) is 0. The summed E-state index contributed by atoms with van der Waals surface area (Å²) in [7, 11) is 0. The molecule has 1 atom stereocenters. The van der Waals surface area contributed by atoms with Crippen LogP contribution >= 0.6 is 11.6 Å². The van der Waals surface area contributed by atoms with Crippen LogP contribution in [0.4, 0.5) is 0 Å². The van der Waals surface area contributed by atoms with Gasteiger partial charge in [0.1, 0.15) is 0 Å². The van der Waals surface area contributed by atoms with Gasteiger partial charge in [0.2, 0.25) is 0 Å². The van der Waals surface area contributed by atoms with Crippen LogP contribution in [0.2, 0.25) is 5.02 Å². The standard InChI is InChI=1S/C18H11Cl.AsH3/c19-17-7-3-6-12-8-9-15-10-13-4-1-2-5-14(13)11-16(15)18(12)17;/h1-11H;1H3. The summed E-state index contributed by atoms with van der Waals surface area (Å²) >= 11 is 6.39. The second kappa shape index (κ2) is 5.13. The summed E-state index contributed by atoms with van der Waals surface area (Å²) in [5.41, 5.74) is 0. The van der Waals surface area contributed by atoms with Crippen molar-refractivity contribution in [2.45, 2.75) is 0 Å². The van der Waals surface area contributed by atoms with E-state index in [1.165, 1.54) is 26.9 Å². The Kier molecular flexibility index (Phi) is 3.46. The molecule has 0 radical (unpaired) electrons. The van der Waals surface area contributed by atoms with Crippen LogP contribution in [0.15, 0.2) is 66.7 Å². The van der Waals surface area contributed by atoms with Crippen LogP contribution in [0, 0.1) is 0 Å². The number of halogens is 1. The zero-order valence-electron chi connectivity index (χ0n) is 10.9. The van der Waals surface area contributed by atoms with E-state index in [0.717, 1.165) is 10.4 Å². The number of hydrogen-bond acceptors (Lipinski definition) is 0. The van der Waals surface area contributed by atoms with Crippen LogP contribution < -0.4 is 0 Å². The Labute approximate surface area is 133 Å². The number of benzene rings is 4. The molecule has 0 aromatic heterocycles. The molecule has 4 aromatic rings.